The minimum Gasteiger partial charge on any atom is -0.455 e. The lowest BCUT2D eigenvalue weighted by Gasteiger charge is -2.09. The van der Waals surface area contributed by atoms with Gasteiger partial charge in [0.25, 0.3) is 5.91 Å². The van der Waals surface area contributed by atoms with Gasteiger partial charge >= 0.3 is 12.0 Å². The SMILES string of the molecule is CC(=O)Nc1ccc(CC(=O)OCC(=O)NC(=O)NCC(C)C)cc1. The van der Waals surface area contributed by atoms with Gasteiger partial charge in [-0.3, -0.25) is 19.7 Å². The minimum atomic E-state index is -0.699. The molecule has 0 heterocycles. The molecule has 0 spiro atoms. The first kappa shape index (κ1) is 20.1. The fraction of sp³-hybridized carbons (Fsp3) is 0.412. The Morgan fingerprint density at radius 3 is 2.28 bits per heavy atom. The van der Waals surface area contributed by atoms with E-state index in [0.29, 0.717) is 17.8 Å². The van der Waals surface area contributed by atoms with E-state index >= 15 is 0 Å². The largest absolute Gasteiger partial charge is 0.455 e. The number of nitrogens with one attached hydrogen (secondary N) is 3. The van der Waals surface area contributed by atoms with Crippen LogP contribution in [0.4, 0.5) is 10.5 Å². The first-order valence-corrected chi connectivity index (χ1v) is 7.86. The lowest BCUT2D eigenvalue weighted by molar-refractivity contribution is -0.147. The highest BCUT2D eigenvalue weighted by molar-refractivity contribution is 5.95. The summed E-state index contributed by atoms with van der Waals surface area (Å²) in [7, 11) is 0. The lowest BCUT2D eigenvalue weighted by atomic mass is 10.1. The molecule has 0 atom stereocenters. The van der Waals surface area contributed by atoms with Crippen molar-refractivity contribution in [2.24, 2.45) is 5.92 Å². The van der Waals surface area contributed by atoms with Gasteiger partial charge in [-0.2, -0.15) is 0 Å². The number of esters is 1. The van der Waals surface area contributed by atoms with E-state index in [-0.39, 0.29) is 18.2 Å². The van der Waals surface area contributed by atoms with Crippen LogP contribution in [0.2, 0.25) is 0 Å². The number of anilines is 1. The molecule has 8 nitrogen and oxygen atoms in total. The Balaban J connectivity index is 2.33. The lowest BCUT2D eigenvalue weighted by Crippen LogP contribution is -2.42. The molecule has 0 aliphatic rings. The van der Waals surface area contributed by atoms with E-state index in [1.807, 2.05) is 13.8 Å². The van der Waals surface area contributed by atoms with E-state index in [4.69, 9.17) is 4.74 Å². The van der Waals surface area contributed by atoms with Gasteiger partial charge in [0.2, 0.25) is 5.91 Å². The Kier molecular flexibility index (Phi) is 8.11. The molecule has 1 aromatic rings. The number of ether oxygens (including phenoxy) is 1. The monoisotopic (exact) mass is 349 g/mol. The quantitative estimate of drug-likeness (QED) is 0.640. The zero-order valence-electron chi connectivity index (χ0n) is 14.5. The Labute approximate surface area is 146 Å². The molecule has 4 amide bonds. The topological polar surface area (TPSA) is 114 Å². The van der Waals surface area contributed by atoms with Crippen LogP contribution in [0.1, 0.15) is 26.3 Å². The zero-order chi connectivity index (χ0) is 18.8. The zero-order valence-corrected chi connectivity index (χ0v) is 14.5. The summed E-state index contributed by atoms with van der Waals surface area (Å²) in [5, 5.41) is 7.21. The van der Waals surface area contributed by atoms with E-state index in [9.17, 15) is 19.2 Å². The number of hydrogen-bond donors (Lipinski definition) is 3. The van der Waals surface area contributed by atoms with Gasteiger partial charge in [0.15, 0.2) is 6.61 Å². The molecular weight excluding hydrogens is 326 g/mol. The Bertz CT molecular complexity index is 626. The predicted octanol–water partition coefficient (Wildman–Crippen LogP) is 1.21. The van der Waals surface area contributed by atoms with Gasteiger partial charge in [-0.05, 0) is 23.6 Å². The summed E-state index contributed by atoms with van der Waals surface area (Å²) in [6.45, 7) is 5.16. The molecule has 0 radical (unpaired) electrons. The molecular formula is C17H23N3O5. The van der Waals surface area contributed by atoms with Crippen LogP contribution in [0.15, 0.2) is 24.3 Å². The predicted molar refractivity (Wildman–Crippen MR) is 91.8 cm³/mol. The Hall–Kier alpha value is -2.90. The van der Waals surface area contributed by atoms with Crippen molar-refractivity contribution in [3.05, 3.63) is 29.8 Å². The third kappa shape index (κ3) is 9.09. The fourth-order valence-corrected chi connectivity index (χ4v) is 1.78. The highest BCUT2D eigenvalue weighted by Gasteiger charge is 2.11. The number of rotatable bonds is 7. The Morgan fingerprint density at radius 1 is 1.08 bits per heavy atom. The summed E-state index contributed by atoms with van der Waals surface area (Å²) in [5.74, 6) is -1.22. The summed E-state index contributed by atoms with van der Waals surface area (Å²) in [6, 6.07) is 6.05. The smallest absolute Gasteiger partial charge is 0.321 e. The molecule has 0 saturated carbocycles. The van der Waals surface area contributed by atoms with Gasteiger partial charge < -0.3 is 15.4 Å². The average molecular weight is 349 g/mol. The van der Waals surface area contributed by atoms with Crippen molar-refractivity contribution in [2.75, 3.05) is 18.5 Å². The average Bonchev–Trinajstić information content (AvgIpc) is 2.52. The summed E-state index contributed by atoms with van der Waals surface area (Å²) >= 11 is 0. The van der Waals surface area contributed by atoms with Crippen molar-refractivity contribution in [3.8, 4) is 0 Å². The molecule has 0 saturated heterocycles. The molecule has 8 heteroatoms. The van der Waals surface area contributed by atoms with Crippen molar-refractivity contribution in [1.82, 2.24) is 10.6 Å². The van der Waals surface area contributed by atoms with E-state index in [0.717, 1.165) is 0 Å². The second-order valence-corrected chi connectivity index (χ2v) is 5.87. The molecule has 0 unspecified atom stereocenters. The highest BCUT2D eigenvalue weighted by atomic mass is 16.5. The van der Waals surface area contributed by atoms with E-state index in [2.05, 4.69) is 16.0 Å². The number of urea groups is 1. The maximum atomic E-state index is 11.7. The normalized spacial score (nSPS) is 10.1. The number of imide groups is 1. The second-order valence-electron chi connectivity index (χ2n) is 5.87. The minimum absolute atomic E-state index is 0.0207. The molecule has 3 N–H and O–H groups in total. The van der Waals surface area contributed by atoms with Crippen LogP contribution < -0.4 is 16.0 Å². The third-order valence-corrected chi connectivity index (χ3v) is 2.91. The maximum Gasteiger partial charge on any atom is 0.321 e. The van der Waals surface area contributed by atoms with Crippen LogP contribution in [-0.2, 0) is 25.5 Å². The maximum absolute atomic E-state index is 11.7. The van der Waals surface area contributed by atoms with Crippen molar-refractivity contribution < 1.29 is 23.9 Å². The van der Waals surface area contributed by atoms with E-state index in [1.54, 1.807) is 24.3 Å². The summed E-state index contributed by atoms with van der Waals surface area (Å²) in [6.07, 6.45) is -0.0207. The van der Waals surface area contributed by atoms with Gasteiger partial charge in [-0.15, -0.1) is 0 Å². The van der Waals surface area contributed by atoms with Gasteiger partial charge in [0.05, 0.1) is 6.42 Å². The number of amides is 4. The second kappa shape index (κ2) is 10.1. The molecule has 0 aliphatic carbocycles. The van der Waals surface area contributed by atoms with Gasteiger partial charge in [0.1, 0.15) is 0 Å². The molecule has 0 fully saturated rings. The number of benzene rings is 1. The van der Waals surface area contributed by atoms with Gasteiger partial charge in [-0.1, -0.05) is 26.0 Å². The van der Waals surface area contributed by atoms with Gasteiger partial charge in [0, 0.05) is 19.2 Å². The number of carbonyl (C=O) groups is 4. The summed E-state index contributed by atoms with van der Waals surface area (Å²) < 4.78 is 4.83. The van der Waals surface area contributed by atoms with Crippen LogP contribution in [0.5, 0.6) is 0 Å². The number of hydrogen-bond acceptors (Lipinski definition) is 5. The van der Waals surface area contributed by atoms with Crippen LogP contribution in [-0.4, -0.2) is 37.0 Å². The standard InChI is InChI=1S/C17H23N3O5/c1-11(2)9-18-17(24)20-15(22)10-25-16(23)8-13-4-6-14(7-5-13)19-12(3)21/h4-7,11H,8-10H2,1-3H3,(H,19,21)(H2,18,20,22,24). The van der Waals surface area contributed by atoms with E-state index < -0.39 is 24.5 Å². The molecule has 1 rings (SSSR count). The van der Waals surface area contributed by atoms with Crippen molar-refractivity contribution in [1.29, 1.82) is 0 Å². The third-order valence-electron chi connectivity index (χ3n) is 2.91. The van der Waals surface area contributed by atoms with E-state index in [1.165, 1.54) is 6.92 Å². The van der Waals surface area contributed by atoms with Crippen LogP contribution in [0.25, 0.3) is 0 Å². The van der Waals surface area contributed by atoms with Crippen molar-refractivity contribution in [2.45, 2.75) is 27.2 Å². The Morgan fingerprint density at radius 2 is 1.72 bits per heavy atom. The summed E-state index contributed by atoms with van der Waals surface area (Å²) in [5.41, 5.74) is 1.30. The molecule has 0 aromatic heterocycles. The first-order chi connectivity index (χ1) is 11.8. The molecule has 1 aromatic carbocycles. The van der Waals surface area contributed by atoms with Crippen molar-refractivity contribution in [3.63, 3.8) is 0 Å². The highest BCUT2D eigenvalue weighted by Crippen LogP contribution is 2.10. The molecule has 136 valence electrons. The van der Waals surface area contributed by atoms with Crippen molar-refractivity contribution >= 4 is 29.5 Å². The van der Waals surface area contributed by atoms with Crippen LogP contribution in [0.3, 0.4) is 0 Å². The van der Waals surface area contributed by atoms with Gasteiger partial charge in [-0.25, -0.2) is 4.79 Å². The molecule has 0 bridgehead atoms. The molecule has 25 heavy (non-hydrogen) atoms. The van der Waals surface area contributed by atoms with Crippen LogP contribution in [0, 0.1) is 5.92 Å². The summed E-state index contributed by atoms with van der Waals surface area (Å²) in [4.78, 5) is 45.5. The fourth-order valence-electron chi connectivity index (χ4n) is 1.78. The number of carbonyl (C=O) groups excluding carboxylic acids is 4. The van der Waals surface area contributed by atoms with Crippen LogP contribution >= 0.6 is 0 Å². The first-order valence-electron chi connectivity index (χ1n) is 7.86. The molecule has 0 aliphatic heterocycles.